The van der Waals surface area contributed by atoms with Crippen molar-refractivity contribution in [3.8, 4) is 0 Å². The van der Waals surface area contributed by atoms with Crippen LogP contribution in [0.5, 0.6) is 0 Å². The highest BCUT2D eigenvalue weighted by Crippen LogP contribution is 2.55. The number of benzene rings is 8. The van der Waals surface area contributed by atoms with E-state index in [0.29, 0.717) is 0 Å². The summed E-state index contributed by atoms with van der Waals surface area (Å²) in [4.78, 5) is 9.39. The first-order valence-electron chi connectivity index (χ1n) is 18.7. The van der Waals surface area contributed by atoms with E-state index in [1.54, 1.807) is 0 Å². The zero-order valence-electron chi connectivity index (χ0n) is 31.3. The number of aryl methyl sites for hydroxylation is 2. The van der Waals surface area contributed by atoms with Gasteiger partial charge >= 0.3 is 0 Å². The monoisotopic (exact) mass is 730 g/mol. The molecule has 0 fully saturated rings. The Morgan fingerprint density at radius 2 is 0.411 bits per heavy atom. The lowest BCUT2D eigenvalue weighted by Gasteiger charge is -2.40. The Morgan fingerprint density at radius 1 is 0.232 bits per heavy atom. The number of hydrogen-bond acceptors (Lipinski definition) is 6. The lowest BCUT2D eigenvalue weighted by Crippen LogP contribution is -2.23. The van der Waals surface area contributed by atoms with E-state index in [1.807, 2.05) is 0 Å². The molecular weight excluding hydrogens is 689 g/mol. The first-order valence-corrected chi connectivity index (χ1v) is 18.7. The summed E-state index contributed by atoms with van der Waals surface area (Å²) in [6.45, 7) is 4.25. The van der Waals surface area contributed by atoms with Crippen molar-refractivity contribution in [2.75, 3.05) is 19.6 Å². The summed E-state index contributed by atoms with van der Waals surface area (Å²) in [6.07, 6.45) is 0. The van der Waals surface area contributed by atoms with Gasteiger partial charge in [-0.05, 0) is 111 Å². The molecule has 0 saturated carbocycles. The van der Waals surface area contributed by atoms with Crippen molar-refractivity contribution in [1.29, 1.82) is 0 Å². The van der Waals surface area contributed by atoms with Crippen molar-refractivity contribution in [2.45, 2.75) is 13.8 Å². The summed E-state index contributed by atoms with van der Waals surface area (Å²) < 4.78 is 0. The fourth-order valence-corrected chi connectivity index (χ4v) is 7.54. The number of nitrogens with zero attached hydrogens (tertiary/aromatic N) is 4. The average Bonchev–Trinajstić information content (AvgIpc) is 3.27. The van der Waals surface area contributed by atoms with Crippen LogP contribution in [-0.4, -0.2) is 10.5 Å². The maximum atomic E-state index is 6.00. The summed E-state index contributed by atoms with van der Waals surface area (Å²) in [5.41, 5.74) is 16.7. The van der Waals surface area contributed by atoms with Gasteiger partial charge in [0.05, 0.1) is 45.5 Å². The Kier molecular flexibility index (Phi) is 10.3. The van der Waals surface area contributed by atoms with E-state index in [1.165, 1.54) is 79.4 Å². The Balaban J connectivity index is 0.000000151. The van der Waals surface area contributed by atoms with Gasteiger partial charge in [0.15, 0.2) is 0 Å². The summed E-state index contributed by atoms with van der Waals surface area (Å²) in [5.74, 6) is 0. The Hall–Kier alpha value is -7.12. The highest BCUT2D eigenvalue weighted by molar-refractivity contribution is 6.02. The molecule has 8 aromatic rings. The van der Waals surface area contributed by atoms with E-state index in [-0.39, 0.29) is 0 Å². The second-order valence-electron chi connectivity index (χ2n) is 13.6. The van der Waals surface area contributed by atoms with Crippen molar-refractivity contribution < 1.29 is 10.5 Å². The van der Waals surface area contributed by atoms with Crippen LogP contribution in [0.3, 0.4) is 0 Å². The molecule has 10 rings (SSSR count). The van der Waals surface area contributed by atoms with E-state index in [2.05, 4.69) is 240 Å². The third kappa shape index (κ3) is 6.75. The van der Waals surface area contributed by atoms with Crippen molar-refractivity contribution in [3.63, 3.8) is 0 Å². The first kappa shape index (κ1) is 35.9. The molecule has 0 radical (unpaired) electrons. The van der Waals surface area contributed by atoms with Crippen LogP contribution >= 0.6 is 0 Å². The fraction of sp³-hybridized carbons (Fsp3) is 0.0400. The lowest BCUT2D eigenvalue weighted by molar-refractivity contribution is -0.176. The molecule has 274 valence electrons. The van der Waals surface area contributed by atoms with Crippen LogP contribution in [0.4, 0.5) is 68.2 Å². The highest BCUT2D eigenvalue weighted by atomic mass is 17.0. The van der Waals surface area contributed by atoms with Gasteiger partial charge in [0.25, 0.3) is 0 Å². The molecule has 0 bridgehead atoms. The second kappa shape index (κ2) is 16.1. The standard InChI is InChI=1S/2C25H20N2.H2O2/c2*1-19-15-17-21(18-16-19)27-24-13-7-5-11-22(24)26(20-9-3-2-4-10-20)23-12-6-8-14-25(23)27;1-2/h2*2-18H,1H3;1-2H. The van der Waals surface area contributed by atoms with Gasteiger partial charge in [-0.15, -0.1) is 0 Å². The number of fused-ring (bicyclic) bond motifs is 4. The summed E-state index contributed by atoms with van der Waals surface area (Å²) in [5, 5.41) is 12.0. The summed E-state index contributed by atoms with van der Waals surface area (Å²) in [7, 11) is 0. The van der Waals surface area contributed by atoms with Crippen molar-refractivity contribution in [3.05, 3.63) is 217 Å². The van der Waals surface area contributed by atoms with Crippen LogP contribution in [0.1, 0.15) is 11.1 Å². The largest absolute Gasteiger partial charge is 0.306 e. The molecule has 2 aliphatic heterocycles. The van der Waals surface area contributed by atoms with E-state index >= 15 is 0 Å². The van der Waals surface area contributed by atoms with Gasteiger partial charge in [0.2, 0.25) is 0 Å². The van der Waals surface area contributed by atoms with Crippen molar-refractivity contribution >= 4 is 68.2 Å². The molecule has 0 unspecified atom stereocenters. The number of para-hydroxylation sites is 10. The molecule has 56 heavy (non-hydrogen) atoms. The quantitative estimate of drug-likeness (QED) is 0.139. The number of hydrogen-bond donors (Lipinski definition) is 2. The van der Waals surface area contributed by atoms with Crippen LogP contribution < -0.4 is 19.6 Å². The normalized spacial score (nSPS) is 12.1. The van der Waals surface area contributed by atoms with Crippen LogP contribution in [0.2, 0.25) is 0 Å². The SMILES string of the molecule is Cc1ccc(N2c3ccccc3N(c3ccccc3)c3ccccc32)cc1.Cc1ccc(N2c3ccccc3N(c3ccccc3)c3ccccc32)cc1.OO. The molecular formula is C50H42N4O2. The Morgan fingerprint density at radius 3 is 0.625 bits per heavy atom. The van der Waals surface area contributed by atoms with Crippen LogP contribution in [0, 0.1) is 13.8 Å². The fourth-order valence-electron chi connectivity index (χ4n) is 7.54. The maximum absolute atomic E-state index is 6.00. The van der Waals surface area contributed by atoms with E-state index in [0.717, 1.165) is 0 Å². The third-order valence-electron chi connectivity index (χ3n) is 10.1. The van der Waals surface area contributed by atoms with Gasteiger partial charge < -0.3 is 19.6 Å². The molecule has 0 amide bonds. The van der Waals surface area contributed by atoms with Gasteiger partial charge in [-0.3, -0.25) is 10.5 Å². The molecule has 2 aliphatic rings. The zero-order valence-corrected chi connectivity index (χ0v) is 31.3. The van der Waals surface area contributed by atoms with Crippen LogP contribution in [0.25, 0.3) is 0 Å². The average molecular weight is 731 g/mol. The van der Waals surface area contributed by atoms with Crippen molar-refractivity contribution in [2.24, 2.45) is 0 Å². The summed E-state index contributed by atoms with van der Waals surface area (Å²) >= 11 is 0. The highest BCUT2D eigenvalue weighted by Gasteiger charge is 2.31. The molecule has 2 N–H and O–H groups in total. The predicted molar refractivity (Wildman–Crippen MR) is 233 cm³/mol. The second-order valence-corrected chi connectivity index (χ2v) is 13.6. The zero-order chi connectivity index (χ0) is 38.4. The molecule has 8 aromatic carbocycles. The smallest absolute Gasteiger partial charge is 0.0703 e. The molecule has 0 spiro atoms. The minimum Gasteiger partial charge on any atom is -0.306 e. The lowest BCUT2D eigenvalue weighted by atomic mass is 10.0. The van der Waals surface area contributed by atoms with E-state index < -0.39 is 0 Å². The molecule has 0 saturated heterocycles. The Bertz CT molecular complexity index is 2270. The van der Waals surface area contributed by atoms with E-state index in [9.17, 15) is 0 Å². The number of anilines is 12. The topological polar surface area (TPSA) is 53.4 Å². The minimum absolute atomic E-state index is 1.17. The van der Waals surface area contributed by atoms with Crippen LogP contribution in [-0.2, 0) is 0 Å². The van der Waals surface area contributed by atoms with Crippen LogP contribution in [0.15, 0.2) is 206 Å². The van der Waals surface area contributed by atoms with Crippen molar-refractivity contribution in [1.82, 2.24) is 0 Å². The molecule has 0 atom stereocenters. The minimum atomic E-state index is 1.17. The molecule has 0 aliphatic carbocycles. The molecule has 6 nitrogen and oxygen atoms in total. The molecule has 0 aromatic heterocycles. The predicted octanol–water partition coefficient (Wildman–Crippen LogP) is 14.5. The summed E-state index contributed by atoms with van der Waals surface area (Å²) in [6, 6.07) is 73.0. The van der Waals surface area contributed by atoms with Gasteiger partial charge in [0, 0.05) is 22.7 Å². The van der Waals surface area contributed by atoms with Gasteiger partial charge in [-0.1, -0.05) is 120 Å². The molecule has 6 heteroatoms. The number of rotatable bonds is 4. The maximum Gasteiger partial charge on any atom is 0.0703 e. The van der Waals surface area contributed by atoms with Gasteiger partial charge in [-0.25, -0.2) is 0 Å². The molecule has 2 heterocycles. The van der Waals surface area contributed by atoms with Gasteiger partial charge in [0.1, 0.15) is 0 Å². The first-order chi connectivity index (χ1) is 27.7. The Labute approximate surface area is 328 Å². The third-order valence-corrected chi connectivity index (χ3v) is 10.1. The van der Waals surface area contributed by atoms with Gasteiger partial charge in [-0.2, -0.15) is 0 Å². The van der Waals surface area contributed by atoms with E-state index in [4.69, 9.17) is 10.5 Å².